The molecule has 6 nitrogen and oxygen atoms in total. The van der Waals surface area contributed by atoms with Crippen molar-refractivity contribution in [1.29, 1.82) is 0 Å². The predicted molar refractivity (Wildman–Crippen MR) is 84.2 cm³/mol. The molecule has 0 aliphatic heterocycles. The van der Waals surface area contributed by atoms with Crippen LogP contribution in [0.3, 0.4) is 0 Å². The minimum atomic E-state index is -0.803. The minimum absolute atomic E-state index is 0.0877. The molecule has 23 heavy (non-hydrogen) atoms. The highest BCUT2D eigenvalue weighted by Crippen LogP contribution is 2.29. The van der Waals surface area contributed by atoms with E-state index in [2.05, 4.69) is 19.2 Å². The van der Waals surface area contributed by atoms with Crippen LogP contribution in [0.15, 0.2) is 18.2 Å². The number of benzene rings is 1. The van der Waals surface area contributed by atoms with Gasteiger partial charge in [0.1, 0.15) is 17.1 Å². The second kappa shape index (κ2) is 7.35. The van der Waals surface area contributed by atoms with Crippen molar-refractivity contribution < 1.29 is 24.5 Å². The van der Waals surface area contributed by atoms with Gasteiger partial charge in [0.2, 0.25) is 0 Å². The number of hydrogen-bond donors (Lipinski definition) is 3. The fraction of sp³-hybridized carbons (Fsp3) is 0.529. The first-order valence-electron chi connectivity index (χ1n) is 7.87. The Labute approximate surface area is 135 Å². The Morgan fingerprint density at radius 2 is 2.00 bits per heavy atom. The molecule has 0 saturated heterocycles. The molecule has 3 atom stereocenters. The van der Waals surface area contributed by atoms with E-state index in [1.807, 2.05) is 0 Å². The monoisotopic (exact) mass is 321 g/mol. The van der Waals surface area contributed by atoms with Gasteiger partial charge >= 0.3 is 5.97 Å². The van der Waals surface area contributed by atoms with Gasteiger partial charge in [0, 0.05) is 12.1 Å². The van der Waals surface area contributed by atoms with Crippen LogP contribution in [0.2, 0.25) is 0 Å². The average Bonchev–Trinajstić information content (AvgIpc) is 2.49. The number of amides is 1. The first kappa shape index (κ1) is 17.1. The molecule has 0 spiro atoms. The van der Waals surface area contributed by atoms with Crippen molar-refractivity contribution in [3.8, 4) is 11.5 Å². The van der Waals surface area contributed by atoms with E-state index in [1.165, 1.54) is 18.6 Å². The number of carbonyl (C=O) groups excluding carboxylic acids is 2. The summed E-state index contributed by atoms with van der Waals surface area (Å²) in [5, 5.41) is 21.7. The van der Waals surface area contributed by atoms with Gasteiger partial charge in [0.15, 0.2) is 6.61 Å². The summed E-state index contributed by atoms with van der Waals surface area (Å²) in [5.41, 5.74) is -0.0877. The first-order valence-corrected chi connectivity index (χ1v) is 7.87. The van der Waals surface area contributed by atoms with Crippen LogP contribution < -0.4 is 5.32 Å². The van der Waals surface area contributed by atoms with Gasteiger partial charge in [0.25, 0.3) is 5.91 Å². The lowest BCUT2D eigenvalue weighted by Gasteiger charge is -2.34. The van der Waals surface area contributed by atoms with E-state index >= 15 is 0 Å². The first-order chi connectivity index (χ1) is 10.9. The molecule has 0 bridgehead atoms. The van der Waals surface area contributed by atoms with Gasteiger partial charge in [-0.05, 0) is 30.4 Å². The zero-order valence-corrected chi connectivity index (χ0v) is 13.4. The van der Waals surface area contributed by atoms with Crippen LogP contribution in [0.4, 0.5) is 0 Å². The molecule has 0 heterocycles. The number of ether oxygens (including phenoxy) is 1. The summed E-state index contributed by atoms with van der Waals surface area (Å²) in [5.74, 6) is -0.734. The Balaban J connectivity index is 1.85. The van der Waals surface area contributed by atoms with Crippen LogP contribution >= 0.6 is 0 Å². The molecule has 1 amide bonds. The van der Waals surface area contributed by atoms with Crippen molar-refractivity contribution in [3.05, 3.63) is 23.8 Å². The van der Waals surface area contributed by atoms with Crippen molar-refractivity contribution >= 4 is 11.9 Å². The molecule has 3 N–H and O–H groups in total. The van der Waals surface area contributed by atoms with Crippen LogP contribution in [0.25, 0.3) is 0 Å². The lowest BCUT2D eigenvalue weighted by molar-refractivity contribution is -0.125. The molecule has 6 heteroatoms. The summed E-state index contributed by atoms with van der Waals surface area (Å²) in [7, 11) is 0. The number of carbonyl (C=O) groups is 2. The van der Waals surface area contributed by atoms with E-state index in [0.717, 1.165) is 18.9 Å². The Morgan fingerprint density at radius 3 is 2.70 bits per heavy atom. The molecule has 126 valence electrons. The molecule has 0 aromatic heterocycles. The smallest absolute Gasteiger partial charge is 0.342 e. The van der Waals surface area contributed by atoms with Crippen molar-refractivity contribution in [2.45, 2.75) is 39.2 Å². The number of hydrogen-bond acceptors (Lipinski definition) is 5. The lowest BCUT2D eigenvalue weighted by Crippen LogP contribution is -2.45. The average molecular weight is 321 g/mol. The number of esters is 1. The fourth-order valence-corrected chi connectivity index (χ4v) is 2.94. The summed E-state index contributed by atoms with van der Waals surface area (Å²) in [6.07, 6.45) is 3.18. The molecular formula is C17H23NO5. The molecule has 1 aromatic rings. The predicted octanol–water partition coefficient (Wildman–Crippen LogP) is 2.20. The maximum Gasteiger partial charge on any atom is 0.342 e. The topological polar surface area (TPSA) is 95.9 Å². The molecule has 1 saturated carbocycles. The molecule has 2 rings (SSSR count). The van der Waals surface area contributed by atoms with Gasteiger partial charge in [-0.25, -0.2) is 4.79 Å². The molecule has 1 aliphatic rings. The SMILES string of the molecule is CC1CCCC(NC(=O)COC(=O)c2ccc(O)cc2O)C1C. The maximum absolute atomic E-state index is 11.9. The van der Waals surface area contributed by atoms with Gasteiger partial charge in [0.05, 0.1) is 0 Å². The van der Waals surface area contributed by atoms with E-state index < -0.39 is 12.6 Å². The number of phenolic OH excluding ortho intramolecular Hbond substituents is 2. The van der Waals surface area contributed by atoms with Gasteiger partial charge in [-0.2, -0.15) is 0 Å². The summed E-state index contributed by atoms with van der Waals surface area (Å²) in [6, 6.07) is 3.66. The van der Waals surface area contributed by atoms with Crippen LogP contribution in [-0.2, 0) is 9.53 Å². The quantitative estimate of drug-likeness (QED) is 0.739. The normalized spacial score (nSPS) is 24.0. The Hall–Kier alpha value is -2.24. The largest absolute Gasteiger partial charge is 0.508 e. The lowest BCUT2D eigenvalue weighted by atomic mass is 9.78. The molecule has 1 fully saturated rings. The third-order valence-electron chi connectivity index (χ3n) is 4.59. The van der Waals surface area contributed by atoms with Crippen LogP contribution in [-0.4, -0.2) is 34.7 Å². The number of phenols is 2. The molecule has 0 radical (unpaired) electrons. The maximum atomic E-state index is 11.9. The second-order valence-electron chi connectivity index (χ2n) is 6.22. The minimum Gasteiger partial charge on any atom is -0.508 e. The summed E-state index contributed by atoms with van der Waals surface area (Å²) in [6.45, 7) is 3.91. The van der Waals surface area contributed by atoms with Crippen molar-refractivity contribution in [1.82, 2.24) is 5.32 Å². The Morgan fingerprint density at radius 1 is 1.26 bits per heavy atom. The third kappa shape index (κ3) is 4.37. The van der Waals surface area contributed by atoms with E-state index in [-0.39, 0.29) is 29.0 Å². The van der Waals surface area contributed by atoms with Crippen molar-refractivity contribution in [2.24, 2.45) is 11.8 Å². The summed E-state index contributed by atoms with van der Waals surface area (Å²) >= 11 is 0. The van der Waals surface area contributed by atoms with Gasteiger partial charge < -0.3 is 20.3 Å². The highest BCUT2D eigenvalue weighted by molar-refractivity contribution is 5.94. The van der Waals surface area contributed by atoms with E-state index in [0.29, 0.717) is 11.8 Å². The summed E-state index contributed by atoms with van der Waals surface area (Å²) in [4.78, 5) is 23.8. The van der Waals surface area contributed by atoms with Crippen LogP contribution in [0.1, 0.15) is 43.5 Å². The third-order valence-corrected chi connectivity index (χ3v) is 4.59. The number of rotatable bonds is 4. The van der Waals surface area contributed by atoms with E-state index in [4.69, 9.17) is 4.74 Å². The van der Waals surface area contributed by atoms with Crippen LogP contribution in [0.5, 0.6) is 11.5 Å². The summed E-state index contributed by atoms with van der Waals surface area (Å²) < 4.78 is 4.92. The molecule has 1 aliphatic carbocycles. The zero-order chi connectivity index (χ0) is 17.0. The van der Waals surface area contributed by atoms with Crippen LogP contribution in [0, 0.1) is 11.8 Å². The highest BCUT2D eigenvalue weighted by atomic mass is 16.5. The standard InChI is InChI=1S/C17H23NO5/c1-10-4-3-5-14(11(10)2)18-16(21)9-23-17(22)13-7-6-12(19)8-15(13)20/h6-8,10-11,14,19-20H,3-5,9H2,1-2H3,(H,18,21). The van der Waals surface area contributed by atoms with Crippen molar-refractivity contribution in [3.63, 3.8) is 0 Å². The highest BCUT2D eigenvalue weighted by Gasteiger charge is 2.28. The zero-order valence-electron chi connectivity index (χ0n) is 13.4. The van der Waals surface area contributed by atoms with Gasteiger partial charge in [-0.1, -0.05) is 26.7 Å². The Bertz CT molecular complexity index is 586. The Kier molecular flexibility index (Phi) is 5.47. The fourth-order valence-electron chi connectivity index (χ4n) is 2.94. The number of aromatic hydroxyl groups is 2. The van der Waals surface area contributed by atoms with E-state index in [1.54, 1.807) is 0 Å². The molecule has 1 aromatic carbocycles. The van der Waals surface area contributed by atoms with Gasteiger partial charge in [-0.15, -0.1) is 0 Å². The van der Waals surface area contributed by atoms with Crippen molar-refractivity contribution in [2.75, 3.05) is 6.61 Å². The van der Waals surface area contributed by atoms with E-state index in [9.17, 15) is 19.8 Å². The molecular weight excluding hydrogens is 298 g/mol. The second-order valence-corrected chi connectivity index (χ2v) is 6.22. The molecule has 3 unspecified atom stereocenters. The van der Waals surface area contributed by atoms with Gasteiger partial charge in [-0.3, -0.25) is 4.79 Å². The number of nitrogens with one attached hydrogen (secondary N) is 1.